The van der Waals surface area contributed by atoms with Crippen molar-refractivity contribution in [3.05, 3.63) is 41.0 Å². The number of benzene rings is 1. The highest BCUT2D eigenvalue weighted by Crippen LogP contribution is 2.25. The van der Waals surface area contributed by atoms with E-state index in [0.717, 1.165) is 0 Å². The van der Waals surface area contributed by atoms with Crippen molar-refractivity contribution in [2.45, 2.75) is 27.7 Å². The monoisotopic (exact) mass is 304 g/mol. The molecule has 1 rings (SSSR count). The van der Waals surface area contributed by atoms with E-state index >= 15 is 0 Å². The maximum Gasteiger partial charge on any atom is 0.379 e. The number of carbonyl (C=O) groups excluding carboxylic acids is 3. The van der Waals surface area contributed by atoms with Crippen molar-refractivity contribution < 1.29 is 23.9 Å². The van der Waals surface area contributed by atoms with Crippen molar-refractivity contribution in [3.63, 3.8) is 0 Å². The maximum atomic E-state index is 11.9. The zero-order chi connectivity index (χ0) is 16.9. The van der Waals surface area contributed by atoms with Crippen LogP contribution in [0, 0.1) is 13.8 Å². The highest BCUT2D eigenvalue weighted by atomic mass is 16.5. The van der Waals surface area contributed by atoms with Crippen molar-refractivity contribution in [2.75, 3.05) is 13.2 Å². The Balaban J connectivity index is 2.97. The second kappa shape index (κ2) is 7.54. The first-order valence-corrected chi connectivity index (χ1v) is 6.92. The van der Waals surface area contributed by atoms with Gasteiger partial charge in [-0.25, -0.2) is 4.79 Å². The summed E-state index contributed by atoms with van der Waals surface area (Å²) in [5.41, 5.74) is 2.02. The van der Waals surface area contributed by atoms with Crippen LogP contribution in [-0.2, 0) is 14.3 Å². The molecule has 5 heteroatoms. The van der Waals surface area contributed by atoms with Gasteiger partial charge in [-0.05, 0) is 51.0 Å². The molecule has 0 atom stereocenters. The zero-order valence-corrected chi connectivity index (χ0v) is 13.3. The third kappa shape index (κ3) is 4.28. The van der Waals surface area contributed by atoms with Crippen LogP contribution in [0.3, 0.4) is 0 Å². The SMILES string of the molecule is C=C(COc1c(C)cc(C(=O)C(=O)OCC)cc1C)C(C)=O. The molecule has 0 unspecified atom stereocenters. The molecular weight excluding hydrogens is 284 g/mol. The van der Waals surface area contributed by atoms with E-state index in [4.69, 9.17) is 9.47 Å². The second-order valence-corrected chi connectivity index (χ2v) is 4.94. The topological polar surface area (TPSA) is 69.7 Å². The van der Waals surface area contributed by atoms with Gasteiger partial charge in [-0.3, -0.25) is 9.59 Å². The Morgan fingerprint density at radius 3 is 2.14 bits per heavy atom. The molecule has 0 radical (unpaired) electrons. The van der Waals surface area contributed by atoms with Gasteiger partial charge in [0.25, 0.3) is 5.78 Å². The van der Waals surface area contributed by atoms with Gasteiger partial charge in [0, 0.05) is 11.1 Å². The van der Waals surface area contributed by atoms with Gasteiger partial charge in [0.1, 0.15) is 12.4 Å². The number of esters is 1. The van der Waals surface area contributed by atoms with Crippen molar-refractivity contribution in [1.29, 1.82) is 0 Å². The van der Waals surface area contributed by atoms with Gasteiger partial charge in [0.05, 0.1) is 6.61 Å². The predicted molar refractivity (Wildman–Crippen MR) is 82.2 cm³/mol. The van der Waals surface area contributed by atoms with Crippen LogP contribution >= 0.6 is 0 Å². The zero-order valence-electron chi connectivity index (χ0n) is 13.3. The fourth-order valence-electron chi connectivity index (χ4n) is 1.88. The van der Waals surface area contributed by atoms with Crippen LogP contribution in [0.1, 0.15) is 35.3 Å². The van der Waals surface area contributed by atoms with E-state index in [2.05, 4.69) is 6.58 Å². The lowest BCUT2D eigenvalue weighted by Gasteiger charge is -2.14. The quantitative estimate of drug-likeness (QED) is 0.335. The van der Waals surface area contributed by atoms with Crippen molar-refractivity contribution in [1.82, 2.24) is 0 Å². The molecule has 0 N–H and O–H groups in total. The maximum absolute atomic E-state index is 11.9. The van der Waals surface area contributed by atoms with Gasteiger partial charge in [-0.2, -0.15) is 0 Å². The molecule has 0 spiro atoms. The molecule has 0 aliphatic heterocycles. The smallest absolute Gasteiger partial charge is 0.379 e. The summed E-state index contributed by atoms with van der Waals surface area (Å²) in [6.45, 7) is 10.5. The van der Waals surface area contributed by atoms with Crippen LogP contribution in [0.2, 0.25) is 0 Å². The van der Waals surface area contributed by atoms with E-state index in [9.17, 15) is 14.4 Å². The number of hydrogen-bond donors (Lipinski definition) is 0. The van der Waals surface area contributed by atoms with E-state index in [1.165, 1.54) is 6.92 Å². The van der Waals surface area contributed by atoms with E-state index in [1.54, 1.807) is 32.9 Å². The van der Waals surface area contributed by atoms with Gasteiger partial charge in [0.15, 0.2) is 5.78 Å². The van der Waals surface area contributed by atoms with Crippen LogP contribution in [0.25, 0.3) is 0 Å². The standard InChI is InChI=1S/C17H20O5/c1-6-21-17(20)15(19)14-7-10(2)16(11(3)8-14)22-9-12(4)13(5)18/h7-8H,4,6,9H2,1-3,5H3. The summed E-state index contributed by atoms with van der Waals surface area (Å²) in [6, 6.07) is 3.14. The summed E-state index contributed by atoms with van der Waals surface area (Å²) < 4.78 is 10.3. The highest BCUT2D eigenvalue weighted by molar-refractivity contribution is 6.40. The van der Waals surface area contributed by atoms with Gasteiger partial charge >= 0.3 is 5.97 Å². The number of hydrogen-bond acceptors (Lipinski definition) is 5. The summed E-state index contributed by atoms with van der Waals surface area (Å²) in [7, 11) is 0. The lowest BCUT2D eigenvalue weighted by molar-refractivity contribution is -0.137. The third-order valence-corrected chi connectivity index (χ3v) is 3.07. The Bertz CT molecular complexity index is 605. The summed E-state index contributed by atoms with van der Waals surface area (Å²) >= 11 is 0. The Morgan fingerprint density at radius 1 is 1.14 bits per heavy atom. The van der Waals surface area contributed by atoms with Gasteiger partial charge < -0.3 is 9.47 Å². The Morgan fingerprint density at radius 2 is 1.68 bits per heavy atom. The minimum atomic E-state index is -0.875. The molecule has 1 aromatic rings. The number of aryl methyl sites for hydroxylation is 2. The molecule has 5 nitrogen and oxygen atoms in total. The lowest BCUT2D eigenvalue weighted by atomic mass is 10.0. The molecule has 0 heterocycles. The first kappa shape index (κ1) is 17.6. The number of ketones is 2. The van der Waals surface area contributed by atoms with Gasteiger partial charge in [-0.15, -0.1) is 0 Å². The minimum Gasteiger partial charge on any atom is -0.488 e. The van der Waals surface area contributed by atoms with Crippen LogP contribution in [0.5, 0.6) is 5.75 Å². The average Bonchev–Trinajstić information content (AvgIpc) is 2.45. The molecule has 0 fully saturated rings. The second-order valence-electron chi connectivity index (χ2n) is 4.94. The largest absolute Gasteiger partial charge is 0.488 e. The molecule has 22 heavy (non-hydrogen) atoms. The first-order chi connectivity index (χ1) is 10.3. The molecule has 1 aromatic carbocycles. The molecule has 0 saturated carbocycles. The number of ether oxygens (including phenoxy) is 2. The van der Waals surface area contributed by atoms with E-state index in [0.29, 0.717) is 22.4 Å². The number of rotatable bonds is 7. The lowest BCUT2D eigenvalue weighted by Crippen LogP contribution is -2.18. The van der Waals surface area contributed by atoms with Gasteiger partial charge in [-0.1, -0.05) is 6.58 Å². The fraction of sp³-hybridized carbons (Fsp3) is 0.353. The van der Waals surface area contributed by atoms with Crippen LogP contribution in [0.4, 0.5) is 0 Å². The van der Waals surface area contributed by atoms with Crippen LogP contribution in [-0.4, -0.2) is 30.7 Å². The number of carbonyl (C=O) groups is 3. The number of Topliss-reactive ketones (excluding diaryl/α,β-unsaturated/α-hetero) is 2. The molecule has 0 aliphatic carbocycles. The summed E-state index contributed by atoms with van der Waals surface area (Å²) in [5, 5.41) is 0. The van der Waals surface area contributed by atoms with Crippen molar-refractivity contribution in [3.8, 4) is 5.75 Å². The molecule has 0 saturated heterocycles. The van der Waals surface area contributed by atoms with E-state index < -0.39 is 11.8 Å². The highest BCUT2D eigenvalue weighted by Gasteiger charge is 2.19. The van der Waals surface area contributed by atoms with Gasteiger partial charge in [0.2, 0.25) is 0 Å². The molecule has 118 valence electrons. The van der Waals surface area contributed by atoms with Crippen molar-refractivity contribution in [2.24, 2.45) is 0 Å². The predicted octanol–water partition coefficient (Wildman–Crippen LogP) is 2.57. The molecule has 0 amide bonds. The van der Waals surface area contributed by atoms with Crippen LogP contribution < -0.4 is 4.74 Å². The van der Waals surface area contributed by atoms with Crippen LogP contribution in [0.15, 0.2) is 24.3 Å². The normalized spacial score (nSPS) is 10.0. The molecular formula is C17H20O5. The summed E-state index contributed by atoms with van der Waals surface area (Å²) in [6.07, 6.45) is 0. The Labute approximate surface area is 129 Å². The third-order valence-electron chi connectivity index (χ3n) is 3.07. The Kier molecular flexibility index (Phi) is 6.04. The van der Waals surface area contributed by atoms with E-state index in [1.807, 2.05) is 0 Å². The fourth-order valence-corrected chi connectivity index (χ4v) is 1.88. The molecule has 0 aromatic heterocycles. The average molecular weight is 304 g/mol. The van der Waals surface area contributed by atoms with E-state index in [-0.39, 0.29) is 24.6 Å². The Hall–Kier alpha value is -2.43. The first-order valence-electron chi connectivity index (χ1n) is 6.92. The minimum absolute atomic E-state index is 0.0855. The summed E-state index contributed by atoms with van der Waals surface area (Å²) in [5.74, 6) is -1.13. The summed E-state index contributed by atoms with van der Waals surface area (Å²) in [4.78, 5) is 34.6. The molecule has 0 bridgehead atoms. The molecule has 0 aliphatic rings. The van der Waals surface area contributed by atoms with Crippen molar-refractivity contribution >= 4 is 17.5 Å².